The van der Waals surface area contributed by atoms with Crippen molar-refractivity contribution in [2.24, 2.45) is 0 Å². The highest BCUT2D eigenvalue weighted by Gasteiger charge is 2.02. The first-order valence-electron chi connectivity index (χ1n) is 6.85. The number of hydrogen-bond donors (Lipinski definition) is 1. The third-order valence-electron chi connectivity index (χ3n) is 2.79. The molecule has 0 unspecified atom stereocenters. The Bertz CT molecular complexity index is 633. The topological polar surface area (TPSA) is 71.3 Å². The monoisotopic (exact) mass is 296 g/mol. The van der Waals surface area contributed by atoms with Gasteiger partial charge in [-0.1, -0.05) is 18.2 Å². The van der Waals surface area contributed by atoms with Crippen LogP contribution in [0.25, 0.3) is 0 Å². The van der Waals surface area contributed by atoms with Gasteiger partial charge in [0.05, 0.1) is 18.2 Å². The highest BCUT2D eigenvalue weighted by Crippen LogP contribution is 2.11. The minimum atomic E-state index is -0.221. The summed E-state index contributed by atoms with van der Waals surface area (Å²) in [6.45, 7) is 0.730. The van der Waals surface area contributed by atoms with Gasteiger partial charge < -0.3 is 14.8 Å². The van der Waals surface area contributed by atoms with Crippen LogP contribution in [0.15, 0.2) is 54.6 Å². The van der Waals surface area contributed by atoms with Gasteiger partial charge in [0, 0.05) is 0 Å². The Morgan fingerprint density at radius 1 is 1.00 bits per heavy atom. The van der Waals surface area contributed by atoms with Crippen molar-refractivity contribution in [3.05, 3.63) is 60.2 Å². The summed E-state index contributed by atoms with van der Waals surface area (Å²) in [5, 5.41) is 11.4. The Morgan fingerprint density at radius 2 is 1.68 bits per heavy atom. The fraction of sp³-hybridized carbons (Fsp3) is 0.176. The number of nitrogens with one attached hydrogen (secondary N) is 1. The molecule has 2 aromatic carbocycles. The lowest BCUT2D eigenvalue weighted by Crippen LogP contribution is -2.32. The molecule has 1 N–H and O–H groups in total. The molecule has 0 fully saturated rings. The molecule has 0 radical (unpaired) electrons. The summed E-state index contributed by atoms with van der Waals surface area (Å²) in [6.07, 6.45) is 0. The second kappa shape index (κ2) is 8.32. The second-order valence-electron chi connectivity index (χ2n) is 4.44. The van der Waals surface area contributed by atoms with Gasteiger partial charge in [-0.15, -0.1) is 0 Å². The van der Waals surface area contributed by atoms with Gasteiger partial charge in [-0.3, -0.25) is 4.79 Å². The number of para-hydroxylation sites is 1. The van der Waals surface area contributed by atoms with E-state index in [4.69, 9.17) is 14.7 Å². The number of ether oxygens (including phenoxy) is 2. The first-order chi connectivity index (χ1) is 10.8. The predicted molar refractivity (Wildman–Crippen MR) is 81.6 cm³/mol. The molecule has 22 heavy (non-hydrogen) atoms. The fourth-order valence-electron chi connectivity index (χ4n) is 1.70. The van der Waals surface area contributed by atoms with Crippen molar-refractivity contribution in [3.63, 3.8) is 0 Å². The molecule has 0 heterocycles. The lowest BCUT2D eigenvalue weighted by atomic mass is 10.2. The van der Waals surface area contributed by atoms with Gasteiger partial charge in [0.2, 0.25) is 0 Å². The van der Waals surface area contributed by atoms with Gasteiger partial charge >= 0.3 is 0 Å². The van der Waals surface area contributed by atoms with E-state index in [1.165, 1.54) is 0 Å². The van der Waals surface area contributed by atoms with E-state index in [1.54, 1.807) is 24.3 Å². The zero-order valence-electron chi connectivity index (χ0n) is 12.0. The van der Waals surface area contributed by atoms with Crippen molar-refractivity contribution in [2.75, 3.05) is 19.8 Å². The zero-order valence-corrected chi connectivity index (χ0v) is 12.0. The number of carbonyl (C=O) groups is 1. The van der Waals surface area contributed by atoms with Crippen LogP contribution < -0.4 is 14.8 Å². The maximum Gasteiger partial charge on any atom is 0.258 e. The summed E-state index contributed by atoms with van der Waals surface area (Å²) in [6, 6.07) is 18.0. The highest BCUT2D eigenvalue weighted by atomic mass is 16.5. The van der Waals surface area contributed by atoms with Gasteiger partial charge in [0.25, 0.3) is 5.91 Å². The zero-order chi connectivity index (χ0) is 15.6. The standard InChI is InChI=1S/C17H16N2O3/c18-12-14-6-8-16(9-7-14)22-13-17(20)19-10-11-21-15-4-2-1-3-5-15/h1-9H,10-11,13H2,(H,19,20). The maximum absolute atomic E-state index is 11.6. The van der Waals surface area contributed by atoms with Crippen LogP contribution in [-0.2, 0) is 4.79 Å². The summed E-state index contributed by atoms with van der Waals surface area (Å²) in [5.41, 5.74) is 0.551. The van der Waals surface area contributed by atoms with Crippen LogP contribution in [-0.4, -0.2) is 25.7 Å². The number of amides is 1. The third kappa shape index (κ3) is 5.17. The van der Waals surface area contributed by atoms with E-state index < -0.39 is 0 Å². The van der Waals surface area contributed by atoms with E-state index in [9.17, 15) is 4.79 Å². The molecule has 5 nitrogen and oxygen atoms in total. The van der Waals surface area contributed by atoms with Crippen LogP contribution in [0.4, 0.5) is 0 Å². The van der Waals surface area contributed by atoms with Crippen LogP contribution in [0, 0.1) is 11.3 Å². The molecule has 0 atom stereocenters. The van der Waals surface area contributed by atoms with Crippen molar-refractivity contribution >= 4 is 5.91 Å². The first-order valence-corrected chi connectivity index (χ1v) is 6.85. The van der Waals surface area contributed by atoms with Crippen LogP contribution >= 0.6 is 0 Å². The molecular weight excluding hydrogens is 280 g/mol. The molecule has 112 valence electrons. The summed E-state index contributed by atoms with van der Waals surface area (Å²) in [7, 11) is 0. The normalized spacial score (nSPS) is 9.59. The third-order valence-corrected chi connectivity index (χ3v) is 2.79. The maximum atomic E-state index is 11.6. The van der Waals surface area contributed by atoms with Gasteiger partial charge in [0.1, 0.15) is 18.1 Å². The molecule has 0 aliphatic heterocycles. The van der Waals surface area contributed by atoms with Crippen LogP contribution in [0.1, 0.15) is 5.56 Å². The predicted octanol–water partition coefficient (Wildman–Crippen LogP) is 2.13. The molecule has 0 spiro atoms. The van der Waals surface area contributed by atoms with Crippen LogP contribution in [0.5, 0.6) is 11.5 Å². The van der Waals surface area contributed by atoms with Gasteiger partial charge in [0.15, 0.2) is 6.61 Å². The lowest BCUT2D eigenvalue weighted by Gasteiger charge is -2.08. The molecule has 2 aromatic rings. The van der Waals surface area contributed by atoms with E-state index in [0.29, 0.717) is 24.5 Å². The van der Waals surface area contributed by atoms with Crippen molar-refractivity contribution in [1.29, 1.82) is 5.26 Å². The SMILES string of the molecule is N#Cc1ccc(OCC(=O)NCCOc2ccccc2)cc1. The fourth-order valence-corrected chi connectivity index (χ4v) is 1.70. The molecule has 5 heteroatoms. The van der Waals surface area contributed by atoms with Crippen molar-refractivity contribution in [3.8, 4) is 17.6 Å². The average molecular weight is 296 g/mol. The highest BCUT2D eigenvalue weighted by molar-refractivity contribution is 5.77. The molecule has 0 aliphatic carbocycles. The molecular formula is C17H16N2O3. The van der Waals surface area contributed by atoms with Crippen molar-refractivity contribution in [2.45, 2.75) is 0 Å². The number of carbonyl (C=O) groups excluding carboxylic acids is 1. The molecule has 0 saturated heterocycles. The van der Waals surface area contributed by atoms with Crippen molar-refractivity contribution < 1.29 is 14.3 Å². The number of benzene rings is 2. The minimum Gasteiger partial charge on any atom is -0.492 e. The van der Waals surface area contributed by atoms with E-state index >= 15 is 0 Å². The van der Waals surface area contributed by atoms with Crippen LogP contribution in [0.3, 0.4) is 0 Å². The average Bonchev–Trinajstić information content (AvgIpc) is 2.58. The Labute approximate surface area is 129 Å². The molecule has 1 amide bonds. The Kier molecular flexibility index (Phi) is 5.82. The van der Waals surface area contributed by atoms with Crippen LogP contribution in [0.2, 0.25) is 0 Å². The number of hydrogen-bond acceptors (Lipinski definition) is 4. The summed E-state index contributed by atoms with van der Waals surface area (Å²) >= 11 is 0. The van der Waals surface area contributed by atoms with Gasteiger partial charge in [-0.25, -0.2) is 0 Å². The molecule has 0 bridgehead atoms. The summed E-state index contributed by atoms with van der Waals surface area (Å²) in [4.78, 5) is 11.6. The number of nitriles is 1. The summed E-state index contributed by atoms with van der Waals surface area (Å²) < 4.78 is 10.8. The second-order valence-corrected chi connectivity index (χ2v) is 4.44. The number of nitrogens with zero attached hydrogens (tertiary/aromatic N) is 1. The molecule has 0 saturated carbocycles. The minimum absolute atomic E-state index is 0.0722. The van der Waals surface area contributed by atoms with E-state index in [1.807, 2.05) is 36.4 Å². The van der Waals surface area contributed by atoms with Gasteiger partial charge in [-0.05, 0) is 36.4 Å². The first kappa shape index (κ1) is 15.4. The van der Waals surface area contributed by atoms with E-state index in [-0.39, 0.29) is 12.5 Å². The molecule has 0 aliphatic rings. The quantitative estimate of drug-likeness (QED) is 0.795. The Balaban J connectivity index is 1.62. The Hall–Kier alpha value is -3.00. The molecule has 0 aromatic heterocycles. The smallest absolute Gasteiger partial charge is 0.258 e. The van der Waals surface area contributed by atoms with E-state index in [0.717, 1.165) is 5.75 Å². The number of rotatable bonds is 7. The molecule has 2 rings (SSSR count). The Morgan fingerprint density at radius 3 is 2.36 bits per heavy atom. The largest absolute Gasteiger partial charge is 0.492 e. The van der Waals surface area contributed by atoms with E-state index in [2.05, 4.69) is 5.32 Å². The van der Waals surface area contributed by atoms with Crippen molar-refractivity contribution in [1.82, 2.24) is 5.32 Å². The summed E-state index contributed by atoms with van der Waals surface area (Å²) in [5.74, 6) is 1.10. The lowest BCUT2D eigenvalue weighted by molar-refractivity contribution is -0.123. The van der Waals surface area contributed by atoms with Gasteiger partial charge in [-0.2, -0.15) is 5.26 Å².